The minimum Gasteiger partial charge on any atom is -0.454 e. The second-order valence-electron chi connectivity index (χ2n) is 7.87. The van der Waals surface area contributed by atoms with E-state index in [9.17, 15) is 18.0 Å². The zero-order valence-corrected chi connectivity index (χ0v) is 20.3. The molecule has 0 spiro atoms. The fourth-order valence-corrected chi connectivity index (χ4v) is 4.77. The summed E-state index contributed by atoms with van der Waals surface area (Å²) in [5.41, 5.74) is 5.34. The van der Waals surface area contributed by atoms with Crippen LogP contribution in [0.3, 0.4) is 0 Å². The van der Waals surface area contributed by atoms with Crippen molar-refractivity contribution in [1.29, 1.82) is 0 Å². The van der Waals surface area contributed by atoms with Gasteiger partial charge in [0.05, 0.1) is 11.4 Å². The Bertz CT molecular complexity index is 1140. The quantitative estimate of drug-likeness (QED) is 0.327. The van der Waals surface area contributed by atoms with E-state index in [-0.39, 0.29) is 23.0 Å². The third kappa shape index (κ3) is 6.67. The van der Waals surface area contributed by atoms with Crippen molar-refractivity contribution < 1.29 is 22.4 Å². The lowest BCUT2D eigenvalue weighted by atomic mass is 10.2. The van der Waals surface area contributed by atoms with Gasteiger partial charge in [-0.15, -0.1) is 0 Å². The van der Waals surface area contributed by atoms with Crippen LogP contribution in [0, 0.1) is 0 Å². The molecule has 1 aliphatic heterocycles. The van der Waals surface area contributed by atoms with Crippen molar-refractivity contribution in [2.75, 3.05) is 19.6 Å². The molecule has 1 aromatic heterocycles. The minimum absolute atomic E-state index is 0.144. The summed E-state index contributed by atoms with van der Waals surface area (Å²) in [5.74, 6) is 0.388. The van der Waals surface area contributed by atoms with Gasteiger partial charge < -0.3 is 4.42 Å². The lowest BCUT2D eigenvalue weighted by Crippen LogP contribution is -2.41. The fourth-order valence-electron chi connectivity index (χ4n) is 3.52. The Morgan fingerprint density at radius 2 is 1.79 bits per heavy atom. The summed E-state index contributed by atoms with van der Waals surface area (Å²) in [6.45, 7) is 6.95. The predicted molar refractivity (Wildman–Crippen MR) is 128 cm³/mol. The molecule has 184 valence electrons. The molecule has 2 heterocycles. The molecule has 2 amide bonds. The van der Waals surface area contributed by atoms with Crippen LogP contribution in [0.4, 0.5) is 0 Å². The molecule has 0 saturated carbocycles. The maximum absolute atomic E-state index is 12.2. The zero-order valence-electron chi connectivity index (χ0n) is 19.5. The standard InChI is InChI=1S/C23H31N5O5S/c1-3-28(4-2)16-17-13-14-19(33-17)23(30)26-25-21(29)12-6-5-9-15-24-22-18-10-7-8-11-20(18)34(31,32)27-22/h7-8,10-11,13-14H,3-6,9,12,15-16H2,1-2H3,(H,24,27)(H,25,29)(H,26,30). The molecule has 0 fully saturated rings. The van der Waals surface area contributed by atoms with Crippen LogP contribution in [-0.2, 0) is 21.4 Å². The van der Waals surface area contributed by atoms with Crippen LogP contribution in [0.25, 0.3) is 0 Å². The number of nitrogens with one attached hydrogen (secondary N) is 3. The van der Waals surface area contributed by atoms with Gasteiger partial charge in [-0.1, -0.05) is 32.4 Å². The van der Waals surface area contributed by atoms with Gasteiger partial charge in [-0.2, -0.15) is 0 Å². The van der Waals surface area contributed by atoms with Crippen molar-refractivity contribution in [2.24, 2.45) is 4.99 Å². The van der Waals surface area contributed by atoms with Crippen molar-refractivity contribution in [3.63, 3.8) is 0 Å². The minimum atomic E-state index is -3.53. The lowest BCUT2D eigenvalue weighted by molar-refractivity contribution is -0.122. The summed E-state index contributed by atoms with van der Waals surface area (Å²) < 4.78 is 32.2. The molecular formula is C23H31N5O5S. The first kappa shape index (κ1) is 25.4. The average Bonchev–Trinajstić information content (AvgIpc) is 3.40. The molecule has 0 radical (unpaired) electrons. The zero-order chi connectivity index (χ0) is 24.6. The Morgan fingerprint density at radius 3 is 2.56 bits per heavy atom. The average molecular weight is 490 g/mol. The first-order chi connectivity index (χ1) is 16.3. The van der Waals surface area contributed by atoms with Crippen molar-refractivity contribution >= 4 is 27.7 Å². The molecule has 1 aliphatic rings. The number of fused-ring (bicyclic) bond motifs is 1. The van der Waals surface area contributed by atoms with Crippen LogP contribution in [0.2, 0.25) is 0 Å². The van der Waals surface area contributed by atoms with Crippen LogP contribution in [-0.4, -0.2) is 50.6 Å². The van der Waals surface area contributed by atoms with Crippen molar-refractivity contribution in [3.8, 4) is 0 Å². The number of hydrogen-bond acceptors (Lipinski definition) is 7. The lowest BCUT2D eigenvalue weighted by Gasteiger charge is -2.15. The molecule has 3 N–H and O–H groups in total. The number of hydrazine groups is 1. The summed E-state index contributed by atoms with van der Waals surface area (Å²) >= 11 is 0. The highest BCUT2D eigenvalue weighted by Crippen LogP contribution is 2.22. The maximum Gasteiger partial charge on any atom is 0.305 e. The molecule has 3 rings (SSSR count). The smallest absolute Gasteiger partial charge is 0.305 e. The summed E-state index contributed by atoms with van der Waals surface area (Å²) in [7, 11) is -3.53. The summed E-state index contributed by atoms with van der Waals surface area (Å²) in [6.07, 6.45) is 2.30. The van der Waals surface area contributed by atoms with E-state index in [4.69, 9.17) is 4.42 Å². The molecule has 2 aromatic rings. The van der Waals surface area contributed by atoms with Gasteiger partial charge in [0.2, 0.25) is 5.91 Å². The third-order valence-corrected chi connectivity index (χ3v) is 6.87. The number of amides is 2. The largest absolute Gasteiger partial charge is 0.454 e. The second kappa shape index (κ2) is 11.8. The van der Waals surface area contributed by atoms with E-state index in [0.717, 1.165) is 19.5 Å². The van der Waals surface area contributed by atoms with E-state index >= 15 is 0 Å². The van der Waals surface area contributed by atoms with Gasteiger partial charge in [-0.05, 0) is 50.2 Å². The number of furan rings is 1. The van der Waals surface area contributed by atoms with Gasteiger partial charge in [-0.3, -0.25) is 35.1 Å². The van der Waals surface area contributed by atoms with E-state index in [2.05, 4.69) is 39.3 Å². The van der Waals surface area contributed by atoms with Gasteiger partial charge in [0, 0.05) is 18.5 Å². The number of hydrogen-bond donors (Lipinski definition) is 3. The maximum atomic E-state index is 12.2. The molecule has 1 aromatic carbocycles. The first-order valence-electron chi connectivity index (χ1n) is 11.4. The number of carbonyl (C=O) groups excluding carboxylic acids is 2. The highest BCUT2D eigenvalue weighted by Gasteiger charge is 2.29. The molecule has 0 unspecified atom stereocenters. The molecular weight excluding hydrogens is 458 g/mol. The Balaban J connectivity index is 1.33. The number of amidine groups is 1. The molecule has 11 heteroatoms. The van der Waals surface area contributed by atoms with Gasteiger partial charge >= 0.3 is 5.91 Å². The summed E-state index contributed by atoms with van der Waals surface area (Å²) in [6, 6.07) is 10.1. The molecule has 34 heavy (non-hydrogen) atoms. The number of aliphatic imine (C=N–C) groups is 1. The van der Waals surface area contributed by atoms with Crippen LogP contribution < -0.4 is 15.6 Å². The number of nitrogens with zero attached hydrogens (tertiary/aromatic N) is 2. The number of carbonyl (C=O) groups is 2. The third-order valence-electron chi connectivity index (χ3n) is 5.47. The second-order valence-corrected chi connectivity index (χ2v) is 9.52. The fraction of sp³-hybridized carbons (Fsp3) is 0.435. The Kier molecular flexibility index (Phi) is 8.83. The SMILES string of the molecule is CCN(CC)Cc1ccc(C(=O)NNC(=O)CCCCCN=C2NS(=O)(=O)c3ccccc32)o1. The van der Waals surface area contributed by atoms with Crippen LogP contribution in [0.1, 0.15) is 61.4 Å². The van der Waals surface area contributed by atoms with Crippen molar-refractivity contribution in [2.45, 2.75) is 51.0 Å². The highest BCUT2D eigenvalue weighted by molar-refractivity contribution is 7.90. The van der Waals surface area contributed by atoms with Crippen LogP contribution >= 0.6 is 0 Å². The molecule has 0 atom stereocenters. The van der Waals surface area contributed by atoms with Crippen LogP contribution in [0.15, 0.2) is 50.7 Å². The molecule has 0 aliphatic carbocycles. The first-order valence-corrected chi connectivity index (χ1v) is 12.9. The van der Waals surface area contributed by atoms with E-state index in [1.165, 1.54) is 0 Å². The van der Waals surface area contributed by atoms with E-state index in [1.807, 2.05) is 0 Å². The molecule has 0 bridgehead atoms. The van der Waals surface area contributed by atoms with E-state index < -0.39 is 15.9 Å². The predicted octanol–water partition coefficient (Wildman–Crippen LogP) is 2.18. The Hall–Kier alpha value is -3.18. The van der Waals surface area contributed by atoms with Gasteiger partial charge in [0.15, 0.2) is 5.76 Å². The Labute approximate surface area is 199 Å². The summed E-state index contributed by atoms with van der Waals surface area (Å²) in [5, 5.41) is 0. The molecule has 10 nitrogen and oxygen atoms in total. The van der Waals surface area contributed by atoms with Crippen molar-refractivity contribution in [3.05, 3.63) is 53.5 Å². The van der Waals surface area contributed by atoms with Gasteiger partial charge in [0.25, 0.3) is 10.0 Å². The number of rotatable bonds is 11. The number of unbranched alkanes of at least 4 members (excludes halogenated alkanes) is 2. The highest BCUT2D eigenvalue weighted by atomic mass is 32.2. The number of sulfonamides is 1. The van der Waals surface area contributed by atoms with Gasteiger partial charge in [0.1, 0.15) is 11.6 Å². The summed E-state index contributed by atoms with van der Waals surface area (Å²) in [4.78, 5) is 30.9. The molecule has 0 saturated heterocycles. The van der Waals surface area contributed by atoms with E-state index in [0.29, 0.717) is 43.1 Å². The van der Waals surface area contributed by atoms with Crippen molar-refractivity contribution in [1.82, 2.24) is 20.5 Å². The van der Waals surface area contributed by atoms with Crippen LogP contribution in [0.5, 0.6) is 0 Å². The van der Waals surface area contributed by atoms with Gasteiger partial charge in [-0.25, -0.2) is 8.42 Å². The Morgan fingerprint density at radius 1 is 1.03 bits per heavy atom. The normalized spacial score (nSPS) is 15.2. The van der Waals surface area contributed by atoms with E-state index in [1.54, 1.807) is 36.4 Å². The number of benzene rings is 1. The topological polar surface area (TPSA) is 133 Å². The monoisotopic (exact) mass is 489 g/mol.